The number of carbonyl (C=O) groups excluding carboxylic acids is 2. The van der Waals surface area contributed by atoms with E-state index in [2.05, 4.69) is 4.74 Å². The molecule has 0 fully saturated rings. The fourth-order valence-corrected chi connectivity index (χ4v) is 1.86. The van der Waals surface area contributed by atoms with Gasteiger partial charge in [-0.3, -0.25) is 20.2 Å². The van der Waals surface area contributed by atoms with E-state index in [1.165, 1.54) is 0 Å². The summed E-state index contributed by atoms with van der Waals surface area (Å²) in [6, 6.07) is 0.999. The lowest BCUT2D eigenvalue weighted by atomic mass is 10.0. The molecule has 0 aromatic heterocycles. The summed E-state index contributed by atoms with van der Waals surface area (Å²) in [5, 5.41) is 13.2. The number of halogens is 3. The van der Waals surface area contributed by atoms with E-state index in [1.54, 1.807) is 20.8 Å². The molecule has 0 heterocycles. The monoisotopic (exact) mass is 378 g/mol. The van der Waals surface area contributed by atoms with Gasteiger partial charge in [0.15, 0.2) is 0 Å². The van der Waals surface area contributed by atoms with Crippen molar-refractivity contribution < 1.29 is 37.2 Å². The van der Waals surface area contributed by atoms with Gasteiger partial charge in [0.05, 0.1) is 10.5 Å². The molecule has 0 aliphatic rings. The molecular formula is C15H17F3N2O6. The van der Waals surface area contributed by atoms with Gasteiger partial charge < -0.3 is 9.47 Å². The Balaban J connectivity index is 3.38. The number of carbonyl (C=O) groups is 2. The standard InChI is InChI=1S/C15H17F3N2O6/c1-8(21)25-7-9-5-11(19-13(22)26-14(2,3)4)12(20(23)24)6-10(9)15(16,17)18/h5-6H,7H2,1-4H3,(H,19,22). The summed E-state index contributed by atoms with van der Waals surface area (Å²) < 4.78 is 49.0. The third-order valence-corrected chi connectivity index (χ3v) is 2.79. The van der Waals surface area contributed by atoms with E-state index in [1.807, 2.05) is 5.32 Å². The normalized spacial score (nSPS) is 11.7. The highest BCUT2D eigenvalue weighted by atomic mass is 19.4. The van der Waals surface area contributed by atoms with Crippen molar-refractivity contribution in [2.24, 2.45) is 0 Å². The minimum Gasteiger partial charge on any atom is -0.461 e. The van der Waals surface area contributed by atoms with E-state index in [4.69, 9.17) is 4.74 Å². The molecule has 1 rings (SSSR count). The van der Waals surface area contributed by atoms with Gasteiger partial charge in [-0.05, 0) is 26.8 Å². The topological polar surface area (TPSA) is 108 Å². The number of rotatable bonds is 4. The quantitative estimate of drug-likeness (QED) is 0.482. The van der Waals surface area contributed by atoms with Gasteiger partial charge in [0, 0.05) is 18.6 Å². The molecule has 11 heteroatoms. The first-order valence-electron chi connectivity index (χ1n) is 7.22. The molecular weight excluding hydrogens is 361 g/mol. The number of benzene rings is 1. The van der Waals surface area contributed by atoms with Crippen LogP contribution in [0.2, 0.25) is 0 Å². The Bertz CT molecular complexity index is 725. The van der Waals surface area contributed by atoms with Crippen molar-refractivity contribution in [2.75, 3.05) is 5.32 Å². The van der Waals surface area contributed by atoms with Crippen LogP contribution in [0.1, 0.15) is 38.8 Å². The average Bonchev–Trinajstić information content (AvgIpc) is 2.41. The summed E-state index contributed by atoms with van der Waals surface area (Å²) in [4.78, 5) is 32.7. The van der Waals surface area contributed by atoms with Crippen molar-refractivity contribution in [2.45, 2.75) is 46.1 Å². The van der Waals surface area contributed by atoms with E-state index in [-0.39, 0.29) is 6.07 Å². The number of esters is 1. The van der Waals surface area contributed by atoms with Crippen molar-refractivity contribution in [3.8, 4) is 0 Å². The molecule has 0 radical (unpaired) electrons. The Hall–Kier alpha value is -2.85. The first-order chi connectivity index (χ1) is 11.7. The van der Waals surface area contributed by atoms with Crippen molar-refractivity contribution in [1.29, 1.82) is 0 Å². The Kier molecular flexibility index (Phi) is 6.18. The van der Waals surface area contributed by atoms with Crippen molar-refractivity contribution in [1.82, 2.24) is 0 Å². The number of alkyl halides is 3. The van der Waals surface area contributed by atoms with Crippen molar-refractivity contribution >= 4 is 23.4 Å². The van der Waals surface area contributed by atoms with Crippen LogP contribution < -0.4 is 5.32 Å². The zero-order valence-electron chi connectivity index (χ0n) is 14.4. The summed E-state index contributed by atoms with van der Waals surface area (Å²) in [6.45, 7) is 4.85. The lowest BCUT2D eigenvalue weighted by Gasteiger charge is -2.20. The minimum atomic E-state index is -4.93. The fraction of sp³-hybridized carbons (Fsp3) is 0.467. The summed E-state index contributed by atoms with van der Waals surface area (Å²) >= 11 is 0. The maximum Gasteiger partial charge on any atom is 0.417 e. The van der Waals surface area contributed by atoms with Crippen LogP contribution >= 0.6 is 0 Å². The number of hydrogen-bond acceptors (Lipinski definition) is 6. The molecule has 0 saturated heterocycles. The van der Waals surface area contributed by atoms with Gasteiger partial charge in [0.2, 0.25) is 0 Å². The lowest BCUT2D eigenvalue weighted by Crippen LogP contribution is -2.27. The van der Waals surface area contributed by atoms with Gasteiger partial charge in [-0.1, -0.05) is 0 Å². The first kappa shape index (κ1) is 21.2. The van der Waals surface area contributed by atoms with E-state index >= 15 is 0 Å². The van der Waals surface area contributed by atoms with Gasteiger partial charge in [-0.2, -0.15) is 13.2 Å². The maximum atomic E-state index is 13.2. The second-order valence-electron chi connectivity index (χ2n) is 6.19. The smallest absolute Gasteiger partial charge is 0.417 e. The number of ether oxygens (including phenoxy) is 2. The molecule has 0 unspecified atom stereocenters. The van der Waals surface area contributed by atoms with E-state index in [0.717, 1.165) is 13.0 Å². The van der Waals surface area contributed by atoms with Crippen LogP contribution in [0.5, 0.6) is 0 Å². The molecule has 1 N–H and O–H groups in total. The third kappa shape index (κ3) is 6.22. The van der Waals surface area contributed by atoms with Crippen LogP contribution in [0.15, 0.2) is 12.1 Å². The molecule has 0 saturated carbocycles. The molecule has 144 valence electrons. The Morgan fingerprint density at radius 3 is 2.23 bits per heavy atom. The highest BCUT2D eigenvalue weighted by Gasteiger charge is 2.37. The van der Waals surface area contributed by atoms with E-state index in [9.17, 15) is 32.9 Å². The van der Waals surface area contributed by atoms with E-state index in [0.29, 0.717) is 0 Å². The summed E-state index contributed by atoms with van der Waals surface area (Å²) in [5.74, 6) is -0.835. The predicted molar refractivity (Wildman–Crippen MR) is 83.4 cm³/mol. The molecule has 1 amide bonds. The van der Waals surface area contributed by atoms with E-state index < -0.39 is 57.9 Å². The van der Waals surface area contributed by atoms with Gasteiger partial charge in [-0.25, -0.2) is 4.79 Å². The second-order valence-corrected chi connectivity index (χ2v) is 6.19. The number of hydrogen-bond donors (Lipinski definition) is 1. The van der Waals surface area contributed by atoms with Crippen LogP contribution in [0.3, 0.4) is 0 Å². The highest BCUT2D eigenvalue weighted by molar-refractivity contribution is 5.88. The van der Waals surface area contributed by atoms with Crippen LogP contribution in [0.4, 0.5) is 29.3 Å². The summed E-state index contributed by atoms with van der Waals surface area (Å²) in [5.41, 5.74) is -4.32. The third-order valence-electron chi connectivity index (χ3n) is 2.79. The fourth-order valence-electron chi connectivity index (χ4n) is 1.86. The van der Waals surface area contributed by atoms with Crippen molar-refractivity contribution in [3.05, 3.63) is 33.4 Å². The Labute approximate surface area is 146 Å². The number of nitro benzene ring substituents is 1. The number of anilines is 1. The number of nitrogens with one attached hydrogen (secondary N) is 1. The zero-order valence-corrected chi connectivity index (χ0v) is 14.4. The van der Waals surface area contributed by atoms with Crippen LogP contribution in [0.25, 0.3) is 0 Å². The number of nitrogens with zero attached hydrogens (tertiary/aromatic N) is 1. The average molecular weight is 378 g/mol. The molecule has 0 bridgehead atoms. The minimum absolute atomic E-state index is 0.269. The number of amides is 1. The second kappa shape index (κ2) is 7.58. The SMILES string of the molecule is CC(=O)OCc1cc(NC(=O)OC(C)(C)C)c([N+](=O)[O-])cc1C(F)(F)F. The molecule has 0 aliphatic carbocycles. The Morgan fingerprint density at radius 2 is 1.81 bits per heavy atom. The molecule has 0 spiro atoms. The molecule has 1 aromatic rings. The summed E-state index contributed by atoms with van der Waals surface area (Å²) in [6.07, 6.45) is -6.01. The molecule has 0 atom stereocenters. The van der Waals surface area contributed by atoms with Gasteiger partial charge >= 0.3 is 18.2 Å². The first-order valence-corrected chi connectivity index (χ1v) is 7.22. The van der Waals surface area contributed by atoms with Gasteiger partial charge in [0.25, 0.3) is 5.69 Å². The molecule has 26 heavy (non-hydrogen) atoms. The van der Waals surface area contributed by atoms with Gasteiger partial charge in [0.1, 0.15) is 17.9 Å². The van der Waals surface area contributed by atoms with Gasteiger partial charge in [-0.15, -0.1) is 0 Å². The molecule has 8 nitrogen and oxygen atoms in total. The lowest BCUT2D eigenvalue weighted by molar-refractivity contribution is -0.384. The largest absolute Gasteiger partial charge is 0.461 e. The zero-order chi connectivity index (χ0) is 20.3. The van der Waals surface area contributed by atoms with Crippen molar-refractivity contribution in [3.63, 3.8) is 0 Å². The number of nitro groups is 1. The highest BCUT2D eigenvalue weighted by Crippen LogP contribution is 2.38. The van der Waals surface area contributed by atoms with Crippen LogP contribution in [-0.4, -0.2) is 22.6 Å². The molecule has 0 aliphatic heterocycles. The predicted octanol–water partition coefficient (Wildman–Crippen LogP) is 4.02. The molecule has 1 aromatic carbocycles. The van der Waals surface area contributed by atoms with Crippen LogP contribution in [-0.2, 0) is 27.1 Å². The van der Waals surface area contributed by atoms with Crippen LogP contribution in [0, 0.1) is 10.1 Å². The Morgan fingerprint density at radius 1 is 1.23 bits per heavy atom. The summed E-state index contributed by atoms with van der Waals surface area (Å²) in [7, 11) is 0. The maximum absolute atomic E-state index is 13.2.